The molecule has 0 aliphatic rings. The van der Waals surface area contributed by atoms with Gasteiger partial charge in [-0.05, 0) is 0 Å². The van der Waals surface area contributed by atoms with Crippen molar-refractivity contribution in [3.63, 3.8) is 0 Å². The highest BCUT2D eigenvalue weighted by molar-refractivity contribution is 5.99. The van der Waals surface area contributed by atoms with Crippen molar-refractivity contribution >= 4 is 11.9 Å². The van der Waals surface area contributed by atoms with Crippen LogP contribution in [0.3, 0.4) is 0 Å². The van der Waals surface area contributed by atoms with E-state index in [1.807, 2.05) is 0 Å². The Labute approximate surface area is 116 Å². The van der Waals surface area contributed by atoms with Gasteiger partial charge in [0.1, 0.15) is 12.3 Å². The number of methoxy groups -OCH3 is 4. The third-order valence-electron chi connectivity index (χ3n) is 2.57. The fourth-order valence-corrected chi connectivity index (χ4v) is 1.53. The summed E-state index contributed by atoms with van der Waals surface area (Å²) in [5.74, 6) is 0.112. The van der Waals surface area contributed by atoms with Crippen LogP contribution in [0.25, 0.3) is 0 Å². The molecule has 1 aromatic rings. The van der Waals surface area contributed by atoms with Gasteiger partial charge in [-0.1, -0.05) is 0 Å². The van der Waals surface area contributed by atoms with Gasteiger partial charge in [0.05, 0.1) is 34.0 Å². The molecule has 0 fully saturated rings. The van der Waals surface area contributed by atoms with E-state index in [1.165, 1.54) is 40.6 Å². The van der Waals surface area contributed by atoms with Gasteiger partial charge in [-0.15, -0.1) is 0 Å². The Kier molecular flexibility index (Phi) is 5.64. The van der Waals surface area contributed by atoms with Crippen LogP contribution in [0.1, 0.15) is 10.4 Å². The van der Waals surface area contributed by atoms with E-state index in [0.717, 1.165) is 0 Å². The number of rotatable bonds is 6. The molecule has 1 rings (SSSR count). The van der Waals surface area contributed by atoms with Gasteiger partial charge >= 0.3 is 5.97 Å². The van der Waals surface area contributed by atoms with Crippen LogP contribution < -0.4 is 19.5 Å². The van der Waals surface area contributed by atoms with Gasteiger partial charge in [-0.25, -0.2) is 0 Å². The summed E-state index contributed by atoms with van der Waals surface area (Å²) in [5.41, 5.74) is 0.231. The Morgan fingerprint density at radius 3 is 2.00 bits per heavy atom. The smallest absolute Gasteiger partial charge is 0.325 e. The molecule has 0 aliphatic carbocycles. The second-order valence-electron chi connectivity index (χ2n) is 3.67. The van der Waals surface area contributed by atoms with Crippen LogP contribution in [0.2, 0.25) is 0 Å². The average molecular weight is 283 g/mol. The van der Waals surface area contributed by atoms with E-state index in [9.17, 15) is 9.59 Å². The molecule has 110 valence electrons. The van der Waals surface area contributed by atoms with Crippen molar-refractivity contribution in [1.29, 1.82) is 0 Å². The maximum Gasteiger partial charge on any atom is 0.325 e. The van der Waals surface area contributed by atoms with E-state index in [4.69, 9.17) is 14.2 Å². The average Bonchev–Trinajstić information content (AvgIpc) is 2.50. The Morgan fingerprint density at radius 1 is 0.950 bits per heavy atom. The van der Waals surface area contributed by atoms with Gasteiger partial charge in [0, 0.05) is 12.1 Å². The van der Waals surface area contributed by atoms with E-state index < -0.39 is 11.9 Å². The van der Waals surface area contributed by atoms with Crippen LogP contribution in [0.5, 0.6) is 17.2 Å². The lowest BCUT2D eigenvalue weighted by Gasteiger charge is -2.13. The third kappa shape index (κ3) is 3.53. The lowest BCUT2D eigenvalue weighted by Crippen LogP contribution is -2.30. The van der Waals surface area contributed by atoms with Crippen LogP contribution in [0, 0.1) is 0 Å². The summed E-state index contributed by atoms with van der Waals surface area (Å²) in [7, 11) is 5.61. The number of amides is 1. The monoisotopic (exact) mass is 283 g/mol. The van der Waals surface area contributed by atoms with Crippen molar-refractivity contribution in [3.05, 3.63) is 17.7 Å². The molecule has 20 heavy (non-hydrogen) atoms. The SMILES string of the molecule is COC(=O)CNC(=O)c1cc(OC)c(OC)cc1OC. The third-order valence-corrected chi connectivity index (χ3v) is 2.57. The number of esters is 1. The number of nitrogens with one attached hydrogen (secondary N) is 1. The molecule has 0 aliphatic heterocycles. The maximum absolute atomic E-state index is 12.0. The minimum absolute atomic E-state index is 0.229. The number of ether oxygens (including phenoxy) is 4. The zero-order valence-corrected chi connectivity index (χ0v) is 11.8. The van der Waals surface area contributed by atoms with Gasteiger partial charge in [0.25, 0.3) is 5.91 Å². The summed E-state index contributed by atoms with van der Waals surface area (Å²) >= 11 is 0. The van der Waals surface area contributed by atoms with Gasteiger partial charge in [-0.2, -0.15) is 0 Å². The fraction of sp³-hybridized carbons (Fsp3) is 0.385. The summed E-state index contributed by atoms with van der Waals surface area (Å²) in [6, 6.07) is 3.01. The highest BCUT2D eigenvalue weighted by Crippen LogP contribution is 2.34. The molecule has 0 aromatic heterocycles. The minimum Gasteiger partial charge on any atom is -0.496 e. The van der Waals surface area contributed by atoms with Gasteiger partial charge in [-0.3, -0.25) is 9.59 Å². The van der Waals surface area contributed by atoms with Crippen LogP contribution in [-0.2, 0) is 9.53 Å². The predicted octanol–water partition coefficient (Wildman–Crippen LogP) is 0.615. The highest BCUT2D eigenvalue weighted by atomic mass is 16.5. The molecule has 0 unspecified atom stereocenters. The molecule has 7 heteroatoms. The fourth-order valence-electron chi connectivity index (χ4n) is 1.53. The molecule has 0 radical (unpaired) electrons. The molecule has 0 atom stereocenters. The van der Waals surface area contributed by atoms with Crippen molar-refractivity contribution in [1.82, 2.24) is 5.32 Å². The first-order valence-corrected chi connectivity index (χ1v) is 5.72. The van der Waals surface area contributed by atoms with Crippen LogP contribution in [0.4, 0.5) is 0 Å². The number of carbonyl (C=O) groups is 2. The Hall–Kier alpha value is -2.44. The Balaban J connectivity index is 3.03. The molecule has 0 saturated carbocycles. The zero-order chi connectivity index (χ0) is 15.1. The van der Waals surface area contributed by atoms with Crippen molar-refractivity contribution in [2.24, 2.45) is 0 Å². The highest BCUT2D eigenvalue weighted by Gasteiger charge is 2.18. The van der Waals surface area contributed by atoms with Crippen molar-refractivity contribution in [2.45, 2.75) is 0 Å². The van der Waals surface area contributed by atoms with Crippen molar-refractivity contribution in [3.8, 4) is 17.2 Å². The number of hydrogen-bond acceptors (Lipinski definition) is 6. The van der Waals surface area contributed by atoms with Gasteiger partial charge in [0.15, 0.2) is 11.5 Å². The molecular weight excluding hydrogens is 266 g/mol. The van der Waals surface area contributed by atoms with E-state index >= 15 is 0 Å². The topological polar surface area (TPSA) is 83.1 Å². The summed E-state index contributed by atoms with van der Waals surface area (Å²) < 4.78 is 19.8. The number of hydrogen-bond donors (Lipinski definition) is 1. The lowest BCUT2D eigenvalue weighted by atomic mass is 10.1. The first-order chi connectivity index (χ1) is 9.57. The first kappa shape index (κ1) is 15.6. The summed E-state index contributed by atoms with van der Waals surface area (Å²) in [5, 5.41) is 2.42. The van der Waals surface area contributed by atoms with Crippen LogP contribution in [-0.4, -0.2) is 46.9 Å². The normalized spacial score (nSPS) is 9.60. The van der Waals surface area contributed by atoms with Gasteiger partial charge < -0.3 is 24.3 Å². The zero-order valence-electron chi connectivity index (χ0n) is 11.8. The molecule has 1 aromatic carbocycles. The molecule has 0 heterocycles. The lowest BCUT2D eigenvalue weighted by molar-refractivity contribution is -0.139. The Morgan fingerprint density at radius 2 is 1.50 bits per heavy atom. The molecule has 7 nitrogen and oxygen atoms in total. The molecule has 0 saturated heterocycles. The maximum atomic E-state index is 12.0. The number of benzene rings is 1. The standard InChI is InChI=1S/C13H17NO6/c1-17-9-6-11(19-3)10(18-2)5-8(9)13(16)14-7-12(15)20-4/h5-6H,7H2,1-4H3,(H,14,16). The second-order valence-corrected chi connectivity index (χ2v) is 3.67. The summed E-state index contributed by atoms with van der Waals surface area (Å²) in [6.45, 7) is -0.229. The largest absolute Gasteiger partial charge is 0.496 e. The Bertz CT molecular complexity index is 500. The number of carbonyl (C=O) groups excluding carboxylic acids is 2. The van der Waals surface area contributed by atoms with Crippen molar-refractivity contribution < 1.29 is 28.5 Å². The molecule has 0 bridgehead atoms. The quantitative estimate of drug-likeness (QED) is 0.770. The van der Waals surface area contributed by atoms with Gasteiger partial charge in [0.2, 0.25) is 0 Å². The summed E-state index contributed by atoms with van der Waals surface area (Å²) in [6.07, 6.45) is 0. The predicted molar refractivity (Wildman–Crippen MR) is 70.4 cm³/mol. The van der Waals surface area contributed by atoms with Crippen LogP contribution in [0.15, 0.2) is 12.1 Å². The first-order valence-electron chi connectivity index (χ1n) is 5.72. The van der Waals surface area contributed by atoms with E-state index in [0.29, 0.717) is 17.2 Å². The van der Waals surface area contributed by atoms with E-state index in [2.05, 4.69) is 10.1 Å². The molecule has 0 spiro atoms. The molecule has 1 amide bonds. The molecule has 1 N–H and O–H groups in total. The van der Waals surface area contributed by atoms with Crippen LogP contribution >= 0.6 is 0 Å². The minimum atomic E-state index is -0.544. The van der Waals surface area contributed by atoms with Crippen molar-refractivity contribution in [2.75, 3.05) is 35.0 Å². The van der Waals surface area contributed by atoms with E-state index in [1.54, 1.807) is 0 Å². The second kappa shape index (κ2) is 7.22. The summed E-state index contributed by atoms with van der Waals surface area (Å²) in [4.78, 5) is 23.0. The van der Waals surface area contributed by atoms with E-state index in [-0.39, 0.29) is 12.1 Å². The molecular formula is C13H17NO6.